The Morgan fingerprint density at radius 2 is 2.00 bits per heavy atom. The van der Waals surface area contributed by atoms with E-state index in [1.165, 1.54) is 32.1 Å². The fraction of sp³-hybridized carbons (Fsp3) is 0.706. The zero-order valence-electron chi connectivity index (χ0n) is 14.1. The van der Waals surface area contributed by atoms with Crippen LogP contribution in [0.1, 0.15) is 56.3 Å². The van der Waals surface area contributed by atoms with Gasteiger partial charge in [-0.2, -0.15) is 0 Å². The van der Waals surface area contributed by atoms with Crippen LogP contribution in [-0.2, 0) is 11.3 Å². The Bertz CT molecular complexity index is 495. The maximum Gasteiger partial charge on any atom is 0.225 e. The molecule has 1 saturated carbocycles. The summed E-state index contributed by atoms with van der Waals surface area (Å²) in [6.45, 7) is 2.43. The van der Waals surface area contributed by atoms with Crippen LogP contribution >= 0.6 is 0 Å². The van der Waals surface area contributed by atoms with Crippen LogP contribution in [0, 0.1) is 12.8 Å². The van der Waals surface area contributed by atoms with Crippen molar-refractivity contribution in [2.45, 2.75) is 58.4 Å². The molecular formula is C17H28N4O. The molecule has 5 heteroatoms. The lowest BCUT2D eigenvalue weighted by molar-refractivity contribution is -0.121. The number of amides is 1. The number of nitrogens with one attached hydrogen (secondary N) is 1. The highest BCUT2D eigenvalue weighted by atomic mass is 16.1. The molecule has 2 rings (SSSR count). The number of hydrogen-bond donors (Lipinski definition) is 1. The van der Waals surface area contributed by atoms with Gasteiger partial charge in [0.15, 0.2) is 0 Å². The predicted molar refractivity (Wildman–Crippen MR) is 88.8 cm³/mol. The van der Waals surface area contributed by atoms with Gasteiger partial charge in [-0.3, -0.25) is 4.79 Å². The lowest BCUT2D eigenvalue weighted by Gasteiger charge is -2.21. The van der Waals surface area contributed by atoms with E-state index in [1.54, 1.807) is 0 Å². The normalized spacial score (nSPS) is 15.6. The third-order valence-corrected chi connectivity index (χ3v) is 4.27. The van der Waals surface area contributed by atoms with Crippen LogP contribution in [0.5, 0.6) is 0 Å². The Hall–Kier alpha value is -1.65. The van der Waals surface area contributed by atoms with Gasteiger partial charge < -0.3 is 10.2 Å². The van der Waals surface area contributed by atoms with Crippen LogP contribution in [0.3, 0.4) is 0 Å². The van der Waals surface area contributed by atoms with E-state index in [0.717, 1.165) is 23.7 Å². The minimum Gasteiger partial charge on any atom is -0.350 e. The molecule has 0 saturated heterocycles. The second-order valence-electron chi connectivity index (χ2n) is 6.51. The molecule has 1 aromatic rings. The molecule has 1 fully saturated rings. The van der Waals surface area contributed by atoms with Crippen molar-refractivity contribution in [2.24, 2.45) is 5.92 Å². The van der Waals surface area contributed by atoms with Gasteiger partial charge in [-0.25, -0.2) is 9.97 Å². The second kappa shape index (κ2) is 8.11. The average molecular weight is 304 g/mol. The highest BCUT2D eigenvalue weighted by Crippen LogP contribution is 2.27. The Morgan fingerprint density at radius 1 is 1.27 bits per heavy atom. The molecule has 0 spiro atoms. The first-order valence-corrected chi connectivity index (χ1v) is 8.33. The van der Waals surface area contributed by atoms with Crippen molar-refractivity contribution in [3.8, 4) is 0 Å². The van der Waals surface area contributed by atoms with E-state index in [9.17, 15) is 4.79 Å². The van der Waals surface area contributed by atoms with Crippen molar-refractivity contribution in [1.82, 2.24) is 15.3 Å². The third-order valence-electron chi connectivity index (χ3n) is 4.27. The minimum atomic E-state index is 0.133. The molecule has 0 atom stereocenters. The van der Waals surface area contributed by atoms with Crippen LogP contribution in [0.15, 0.2) is 6.07 Å². The van der Waals surface area contributed by atoms with Crippen molar-refractivity contribution in [2.75, 3.05) is 19.0 Å². The number of carbonyl (C=O) groups excluding carboxylic acids is 1. The molecule has 122 valence electrons. The molecule has 0 aliphatic heterocycles. The standard InChI is InChI=1S/C17H28N4O/c1-13-11-15(20-17(19-13)21(2)3)12-18-16(22)10-9-14-7-5-4-6-8-14/h11,14H,4-10,12H2,1-3H3,(H,18,22). The summed E-state index contributed by atoms with van der Waals surface area (Å²) in [5, 5.41) is 2.98. The molecule has 0 bridgehead atoms. The molecule has 1 aliphatic carbocycles. The van der Waals surface area contributed by atoms with E-state index in [2.05, 4.69) is 15.3 Å². The minimum absolute atomic E-state index is 0.133. The Morgan fingerprint density at radius 3 is 2.68 bits per heavy atom. The van der Waals surface area contributed by atoms with E-state index in [-0.39, 0.29) is 5.91 Å². The Balaban J connectivity index is 1.78. The summed E-state index contributed by atoms with van der Waals surface area (Å²) in [4.78, 5) is 22.7. The van der Waals surface area contributed by atoms with Crippen LogP contribution in [0.2, 0.25) is 0 Å². The molecular weight excluding hydrogens is 276 g/mol. The van der Waals surface area contributed by atoms with Crippen LogP contribution in [0.25, 0.3) is 0 Å². The fourth-order valence-corrected chi connectivity index (χ4v) is 3.00. The first-order chi connectivity index (χ1) is 10.5. The second-order valence-corrected chi connectivity index (χ2v) is 6.51. The van der Waals surface area contributed by atoms with Gasteiger partial charge in [0, 0.05) is 26.2 Å². The molecule has 0 aromatic carbocycles. The first-order valence-electron chi connectivity index (χ1n) is 8.33. The van der Waals surface area contributed by atoms with Gasteiger partial charge in [0.2, 0.25) is 11.9 Å². The van der Waals surface area contributed by atoms with Crippen molar-refractivity contribution in [3.05, 3.63) is 17.5 Å². The molecule has 0 radical (unpaired) electrons. The first kappa shape index (κ1) is 16.7. The summed E-state index contributed by atoms with van der Waals surface area (Å²) in [5.41, 5.74) is 1.78. The highest BCUT2D eigenvalue weighted by molar-refractivity contribution is 5.75. The zero-order chi connectivity index (χ0) is 15.9. The topological polar surface area (TPSA) is 58.1 Å². The lowest BCUT2D eigenvalue weighted by Crippen LogP contribution is -2.25. The summed E-state index contributed by atoms with van der Waals surface area (Å²) < 4.78 is 0. The lowest BCUT2D eigenvalue weighted by atomic mass is 9.86. The van der Waals surface area contributed by atoms with E-state index in [0.29, 0.717) is 18.9 Å². The molecule has 22 heavy (non-hydrogen) atoms. The summed E-state index contributed by atoms with van der Waals surface area (Å²) in [6.07, 6.45) is 8.28. The maximum atomic E-state index is 12.0. The van der Waals surface area contributed by atoms with E-state index in [1.807, 2.05) is 32.0 Å². The molecule has 1 heterocycles. The van der Waals surface area contributed by atoms with Crippen molar-refractivity contribution < 1.29 is 4.79 Å². The fourth-order valence-electron chi connectivity index (χ4n) is 3.00. The predicted octanol–water partition coefficient (Wildman–Crippen LogP) is 2.83. The molecule has 1 aliphatic rings. The summed E-state index contributed by atoms with van der Waals surface area (Å²) in [5.74, 6) is 1.57. The summed E-state index contributed by atoms with van der Waals surface area (Å²) >= 11 is 0. The Labute approximate surface area is 133 Å². The number of nitrogens with zero attached hydrogens (tertiary/aromatic N) is 3. The highest BCUT2D eigenvalue weighted by Gasteiger charge is 2.15. The monoisotopic (exact) mass is 304 g/mol. The third kappa shape index (κ3) is 5.28. The van der Waals surface area contributed by atoms with Crippen molar-refractivity contribution in [1.29, 1.82) is 0 Å². The Kier molecular flexibility index (Phi) is 6.16. The van der Waals surface area contributed by atoms with Crippen LogP contribution < -0.4 is 10.2 Å². The molecule has 0 unspecified atom stereocenters. The van der Waals surface area contributed by atoms with Gasteiger partial charge in [-0.05, 0) is 25.3 Å². The van der Waals surface area contributed by atoms with Gasteiger partial charge in [0.1, 0.15) is 0 Å². The summed E-state index contributed by atoms with van der Waals surface area (Å²) in [7, 11) is 3.84. The van der Waals surface area contributed by atoms with Crippen molar-refractivity contribution >= 4 is 11.9 Å². The quantitative estimate of drug-likeness (QED) is 0.878. The van der Waals surface area contributed by atoms with E-state index in [4.69, 9.17) is 0 Å². The number of hydrogen-bond acceptors (Lipinski definition) is 4. The average Bonchev–Trinajstić information content (AvgIpc) is 2.51. The molecule has 5 nitrogen and oxygen atoms in total. The number of carbonyl (C=O) groups is 1. The number of anilines is 1. The maximum absolute atomic E-state index is 12.0. The van der Waals surface area contributed by atoms with Gasteiger partial charge in [-0.15, -0.1) is 0 Å². The van der Waals surface area contributed by atoms with Gasteiger partial charge in [0.25, 0.3) is 0 Å². The van der Waals surface area contributed by atoms with Crippen LogP contribution in [0.4, 0.5) is 5.95 Å². The van der Waals surface area contributed by atoms with Crippen molar-refractivity contribution in [3.63, 3.8) is 0 Å². The van der Waals surface area contributed by atoms with Gasteiger partial charge in [0.05, 0.1) is 12.2 Å². The number of rotatable bonds is 6. The number of aryl methyl sites for hydroxylation is 1. The smallest absolute Gasteiger partial charge is 0.225 e. The largest absolute Gasteiger partial charge is 0.350 e. The number of aromatic nitrogens is 2. The van der Waals surface area contributed by atoms with Crippen LogP contribution in [-0.4, -0.2) is 30.0 Å². The molecule has 1 N–H and O–H groups in total. The van der Waals surface area contributed by atoms with Gasteiger partial charge in [-0.1, -0.05) is 32.1 Å². The molecule has 1 aromatic heterocycles. The van der Waals surface area contributed by atoms with Gasteiger partial charge >= 0.3 is 0 Å². The molecule has 1 amide bonds. The SMILES string of the molecule is Cc1cc(CNC(=O)CCC2CCCCC2)nc(N(C)C)n1. The van der Waals surface area contributed by atoms with E-state index >= 15 is 0 Å². The zero-order valence-corrected chi connectivity index (χ0v) is 14.1. The van der Waals surface area contributed by atoms with E-state index < -0.39 is 0 Å². The summed E-state index contributed by atoms with van der Waals surface area (Å²) in [6, 6.07) is 1.93.